The summed E-state index contributed by atoms with van der Waals surface area (Å²) in [6.07, 6.45) is 2.49. The van der Waals surface area contributed by atoms with Crippen molar-refractivity contribution in [2.24, 2.45) is 5.92 Å². The fourth-order valence-electron chi connectivity index (χ4n) is 2.09. The highest BCUT2D eigenvalue weighted by molar-refractivity contribution is 9.10. The molecule has 1 fully saturated rings. The summed E-state index contributed by atoms with van der Waals surface area (Å²) in [6, 6.07) is 4.31. The largest absolute Gasteiger partial charge is 0.480 e. The van der Waals surface area contributed by atoms with Crippen molar-refractivity contribution in [2.75, 3.05) is 5.32 Å². The van der Waals surface area contributed by atoms with E-state index >= 15 is 0 Å². The summed E-state index contributed by atoms with van der Waals surface area (Å²) < 4.78 is 0.946. The molecule has 0 aromatic heterocycles. The molecule has 0 heterocycles. The first-order chi connectivity index (χ1) is 9.51. The van der Waals surface area contributed by atoms with E-state index in [4.69, 9.17) is 5.11 Å². The van der Waals surface area contributed by atoms with Gasteiger partial charge in [0.15, 0.2) is 0 Å². The van der Waals surface area contributed by atoms with Crippen LogP contribution in [0.3, 0.4) is 0 Å². The molecule has 0 bridgehead atoms. The molecule has 108 valence electrons. The number of carbonyl (C=O) groups is 2. The second-order valence-electron chi connectivity index (χ2n) is 4.91. The van der Waals surface area contributed by atoms with Crippen LogP contribution in [-0.4, -0.2) is 23.1 Å². The van der Waals surface area contributed by atoms with Crippen molar-refractivity contribution in [1.29, 1.82) is 0 Å². The molecule has 1 unspecified atom stereocenters. The number of carboxylic acids is 1. The van der Waals surface area contributed by atoms with E-state index in [9.17, 15) is 9.59 Å². The average molecular weight is 341 g/mol. The Balaban J connectivity index is 2.02. The average Bonchev–Trinajstić information content (AvgIpc) is 3.22. The molecule has 1 saturated carbocycles. The molecule has 1 atom stereocenters. The van der Waals surface area contributed by atoms with E-state index in [0.29, 0.717) is 5.69 Å². The monoisotopic (exact) mass is 340 g/mol. The number of halogens is 1. The number of nitrogens with one attached hydrogen (secondary N) is 2. The van der Waals surface area contributed by atoms with Gasteiger partial charge in [-0.3, -0.25) is 0 Å². The third kappa shape index (κ3) is 3.72. The molecular formula is C14H17BrN2O3. The number of amides is 2. The van der Waals surface area contributed by atoms with Crippen LogP contribution < -0.4 is 10.6 Å². The van der Waals surface area contributed by atoms with Gasteiger partial charge in [-0.15, -0.1) is 0 Å². The van der Waals surface area contributed by atoms with Crippen molar-refractivity contribution in [3.05, 3.63) is 28.2 Å². The number of aliphatic carboxylic acids is 1. The lowest BCUT2D eigenvalue weighted by molar-refractivity contribution is -0.139. The SMILES string of the molecule is CCc1cc(Br)ccc1NC(=O)NC(C(=O)O)C1CC1. The molecule has 2 amide bonds. The first-order valence-electron chi connectivity index (χ1n) is 6.60. The molecule has 0 spiro atoms. The molecule has 2 rings (SSSR count). The molecule has 3 N–H and O–H groups in total. The first-order valence-corrected chi connectivity index (χ1v) is 7.39. The quantitative estimate of drug-likeness (QED) is 0.770. The van der Waals surface area contributed by atoms with Crippen LogP contribution in [0, 0.1) is 5.92 Å². The predicted molar refractivity (Wildman–Crippen MR) is 79.8 cm³/mol. The Morgan fingerprint density at radius 3 is 2.70 bits per heavy atom. The van der Waals surface area contributed by atoms with Gasteiger partial charge in [-0.1, -0.05) is 22.9 Å². The van der Waals surface area contributed by atoms with E-state index in [1.807, 2.05) is 19.1 Å². The van der Waals surface area contributed by atoms with Crippen molar-refractivity contribution in [3.8, 4) is 0 Å². The van der Waals surface area contributed by atoms with Gasteiger partial charge in [0.25, 0.3) is 0 Å². The Labute approximate surface area is 125 Å². The van der Waals surface area contributed by atoms with Gasteiger partial charge < -0.3 is 15.7 Å². The predicted octanol–water partition coefficient (Wildman–Crippen LogP) is 3.00. The van der Waals surface area contributed by atoms with Crippen molar-refractivity contribution in [3.63, 3.8) is 0 Å². The summed E-state index contributed by atoms with van der Waals surface area (Å²) in [5.41, 5.74) is 1.70. The number of benzene rings is 1. The van der Waals surface area contributed by atoms with Crippen molar-refractivity contribution >= 4 is 33.6 Å². The van der Waals surface area contributed by atoms with Crippen molar-refractivity contribution in [2.45, 2.75) is 32.2 Å². The maximum absolute atomic E-state index is 11.9. The van der Waals surface area contributed by atoms with Gasteiger partial charge in [0.05, 0.1) is 0 Å². The molecule has 0 aliphatic heterocycles. The fourth-order valence-corrected chi connectivity index (χ4v) is 2.50. The van der Waals surface area contributed by atoms with Gasteiger partial charge in [-0.05, 0) is 48.9 Å². The number of hydrogen-bond acceptors (Lipinski definition) is 2. The number of carboxylic acid groups (broad SMARTS) is 1. The van der Waals surface area contributed by atoms with E-state index in [0.717, 1.165) is 29.3 Å². The Morgan fingerprint density at radius 1 is 1.45 bits per heavy atom. The maximum atomic E-state index is 11.9. The molecule has 1 aromatic carbocycles. The van der Waals surface area contributed by atoms with Gasteiger partial charge in [-0.25, -0.2) is 9.59 Å². The van der Waals surface area contributed by atoms with Crippen LogP contribution in [0.5, 0.6) is 0 Å². The van der Waals surface area contributed by atoms with Crippen LogP contribution in [0.15, 0.2) is 22.7 Å². The van der Waals surface area contributed by atoms with Crippen molar-refractivity contribution in [1.82, 2.24) is 5.32 Å². The minimum Gasteiger partial charge on any atom is -0.480 e. The summed E-state index contributed by atoms with van der Waals surface area (Å²) in [5, 5.41) is 14.3. The third-order valence-corrected chi connectivity index (χ3v) is 3.84. The number of aryl methyl sites for hydroxylation is 1. The Kier molecular flexibility index (Phi) is 4.65. The van der Waals surface area contributed by atoms with E-state index in [2.05, 4.69) is 26.6 Å². The van der Waals surface area contributed by atoms with Gasteiger partial charge in [0.2, 0.25) is 0 Å². The molecule has 6 heteroatoms. The fraction of sp³-hybridized carbons (Fsp3) is 0.429. The van der Waals surface area contributed by atoms with Crippen LogP contribution in [0.2, 0.25) is 0 Å². The molecule has 1 aliphatic rings. The summed E-state index contributed by atoms with van der Waals surface area (Å²) >= 11 is 3.38. The normalized spacial score (nSPS) is 15.5. The number of hydrogen-bond donors (Lipinski definition) is 3. The smallest absolute Gasteiger partial charge is 0.326 e. The van der Waals surface area contributed by atoms with Crippen LogP contribution >= 0.6 is 15.9 Å². The summed E-state index contributed by atoms with van der Waals surface area (Å²) in [7, 11) is 0. The number of carbonyl (C=O) groups excluding carboxylic acids is 1. The molecule has 0 saturated heterocycles. The third-order valence-electron chi connectivity index (χ3n) is 3.34. The van der Waals surface area contributed by atoms with Crippen LogP contribution in [0.1, 0.15) is 25.3 Å². The molecular weight excluding hydrogens is 324 g/mol. The lowest BCUT2D eigenvalue weighted by Gasteiger charge is -2.16. The number of anilines is 1. The standard InChI is InChI=1S/C14H17BrN2O3/c1-2-8-7-10(15)5-6-11(8)16-14(20)17-12(13(18)19)9-3-4-9/h5-7,9,12H,2-4H2,1H3,(H,18,19)(H2,16,17,20). The highest BCUT2D eigenvalue weighted by Crippen LogP contribution is 2.32. The van der Waals surface area contributed by atoms with Gasteiger partial charge in [0, 0.05) is 10.2 Å². The second kappa shape index (κ2) is 6.26. The van der Waals surface area contributed by atoms with Gasteiger partial charge in [0.1, 0.15) is 6.04 Å². The van der Waals surface area contributed by atoms with Crippen molar-refractivity contribution < 1.29 is 14.7 Å². The minimum absolute atomic E-state index is 0.0637. The lowest BCUT2D eigenvalue weighted by atomic mass is 10.1. The zero-order valence-corrected chi connectivity index (χ0v) is 12.7. The topological polar surface area (TPSA) is 78.4 Å². The van der Waals surface area contributed by atoms with Crippen LogP contribution in [0.4, 0.5) is 10.5 Å². The van der Waals surface area contributed by atoms with E-state index in [1.54, 1.807) is 6.07 Å². The highest BCUT2D eigenvalue weighted by Gasteiger charge is 2.37. The van der Waals surface area contributed by atoms with Gasteiger partial charge in [-0.2, -0.15) is 0 Å². The molecule has 1 aromatic rings. The number of rotatable bonds is 5. The summed E-state index contributed by atoms with van der Waals surface area (Å²) in [6.45, 7) is 2.00. The van der Waals surface area contributed by atoms with E-state index in [1.165, 1.54) is 0 Å². The first kappa shape index (κ1) is 14.8. The number of urea groups is 1. The zero-order valence-electron chi connectivity index (χ0n) is 11.1. The Hall–Kier alpha value is -1.56. The zero-order chi connectivity index (χ0) is 14.7. The highest BCUT2D eigenvalue weighted by atomic mass is 79.9. The maximum Gasteiger partial charge on any atom is 0.326 e. The lowest BCUT2D eigenvalue weighted by Crippen LogP contribution is -2.44. The molecule has 1 aliphatic carbocycles. The molecule has 0 radical (unpaired) electrons. The second-order valence-corrected chi connectivity index (χ2v) is 5.82. The molecule has 20 heavy (non-hydrogen) atoms. The van der Waals surface area contributed by atoms with Gasteiger partial charge >= 0.3 is 12.0 Å². The van der Waals surface area contributed by atoms with Crippen LogP contribution in [-0.2, 0) is 11.2 Å². The minimum atomic E-state index is -0.978. The molecule has 5 nitrogen and oxygen atoms in total. The summed E-state index contributed by atoms with van der Waals surface area (Å²) in [4.78, 5) is 23.0. The Bertz CT molecular complexity index is 529. The van der Waals surface area contributed by atoms with E-state index < -0.39 is 18.0 Å². The summed E-state index contributed by atoms with van der Waals surface area (Å²) in [5.74, 6) is -0.914. The van der Waals surface area contributed by atoms with Crippen LogP contribution in [0.25, 0.3) is 0 Å². The Morgan fingerprint density at radius 2 is 2.15 bits per heavy atom. The van der Waals surface area contributed by atoms with E-state index in [-0.39, 0.29) is 5.92 Å².